The topological polar surface area (TPSA) is 3.24 Å². The van der Waals surface area contributed by atoms with Crippen LogP contribution in [-0.4, -0.2) is 17.0 Å². The zero-order valence-electron chi connectivity index (χ0n) is 8.59. The van der Waals surface area contributed by atoms with Crippen LogP contribution in [0.1, 0.15) is 40.5 Å². The zero-order valence-corrected chi connectivity index (χ0v) is 8.59. The Morgan fingerprint density at radius 3 is 2.33 bits per heavy atom. The van der Waals surface area contributed by atoms with Crippen molar-refractivity contribution in [1.82, 2.24) is 4.90 Å². The van der Waals surface area contributed by atoms with Crippen molar-refractivity contribution in [3.05, 3.63) is 0 Å². The van der Waals surface area contributed by atoms with E-state index in [-0.39, 0.29) is 0 Å². The van der Waals surface area contributed by atoms with Crippen LogP contribution in [0.5, 0.6) is 0 Å². The van der Waals surface area contributed by atoms with Crippen LogP contribution in [0, 0.1) is 17.9 Å². The molecule has 1 heterocycles. The molecule has 0 aromatic carbocycles. The van der Waals surface area contributed by atoms with Crippen molar-refractivity contribution in [1.29, 1.82) is 0 Å². The highest BCUT2D eigenvalue weighted by molar-refractivity contribution is 5.07. The first-order valence-electron chi connectivity index (χ1n) is 4.89. The molecule has 0 bridgehead atoms. The summed E-state index contributed by atoms with van der Waals surface area (Å²) in [5.41, 5.74) is 0. The summed E-state index contributed by atoms with van der Waals surface area (Å²) in [4.78, 5) is 2.31. The van der Waals surface area contributed by atoms with Crippen LogP contribution in [0.3, 0.4) is 0 Å². The first-order valence-corrected chi connectivity index (χ1v) is 4.89. The smallest absolute Gasteiger partial charge is 0.0406 e. The number of rotatable bonds is 2. The largest absolute Gasteiger partial charge is 0.327 e. The van der Waals surface area contributed by atoms with Crippen molar-refractivity contribution < 1.29 is 0 Å². The van der Waals surface area contributed by atoms with E-state index in [2.05, 4.69) is 44.6 Å². The fraction of sp³-hybridized carbons (Fsp3) is 0.818. The van der Waals surface area contributed by atoms with Crippen molar-refractivity contribution in [2.45, 2.75) is 52.6 Å². The maximum absolute atomic E-state index is 3.23. The van der Waals surface area contributed by atoms with Crippen molar-refractivity contribution in [3.63, 3.8) is 0 Å². The summed E-state index contributed by atoms with van der Waals surface area (Å²) in [5.74, 6) is 3.90. The fourth-order valence-electron chi connectivity index (χ4n) is 1.76. The molecular formula is C11H19N. The molecule has 0 aliphatic carbocycles. The van der Waals surface area contributed by atoms with Gasteiger partial charge in [-0.05, 0) is 26.2 Å². The predicted octanol–water partition coefficient (Wildman–Crippen LogP) is 2.48. The molecule has 0 aromatic heterocycles. The van der Waals surface area contributed by atoms with Crippen molar-refractivity contribution in [2.24, 2.45) is 5.92 Å². The Kier molecular flexibility index (Phi) is 3.03. The summed E-state index contributed by atoms with van der Waals surface area (Å²) < 4.78 is 0. The quantitative estimate of drug-likeness (QED) is 0.568. The summed E-state index contributed by atoms with van der Waals surface area (Å²) >= 11 is 0. The van der Waals surface area contributed by atoms with Gasteiger partial charge in [0, 0.05) is 24.5 Å². The van der Waals surface area contributed by atoms with Gasteiger partial charge in [-0.2, -0.15) is 0 Å². The third-order valence-electron chi connectivity index (χ3n) is 2.46. The molecule has 1 aliphatic heterocycles. The van der Waals surface area contributed by atoms with Crippen LogP contribution in [0.4, 0.5) is 0 Å². The molecule has 68 valence electrons. The van der Waals surface area contributed by atoms with Gasteiger partial charge in [-0.1, -0.05) is 19.8 Å². The maximum atomic E-state index is 3.23. The molecule has 0 fully saturated rings. The average molecular weight is 165 g/mol. The van der Waals surface area contributed by atoms with Gasteiger partial charge in [-0.3, -0.25) is 0 Å². The summed E-state index contributed by atoms with van der Waals surface area (Å²) in [6.07, 6.45) is 2.31. The third-order valence-corrected chi connectivity index (χ3v) is 2.46. The highest BCUT2D eigenvalue weighted by atomic mass is 15.2. The van der Waals surface area contributed by atoms with Crippen LogP contribution in [-0.2, 0) is 0 Å². The maximum Gasteiger partial charge on any atom is 0.0406 e. The van der Waals surface area contributed by atoms with Crippen LogP contribution in [0.15, 0.2) is 0 Å². The molecule has 0 radical (unpaired) electrons. The lowest BCUT2D eigenvalue weighted by Crippen LogP contribution is -2.41. The zero-order chi connectivity index (χ0) is 9.14. The minimum absolute atomic E-state index is 0.560. The fourth-order valence-corrected chi connectivity index (χ4v) is 1.76. The van der Waals surface area contributed by atoms with E-state index in [1.54, 1.807) is 0 Å². The first-order chi connectivity index (χ1) is 5.63. The van der Waals surface area contributed by atoms with E-state index >= 15 is 0 Å². The SMILES string of the molecule is CC(C)C1CCC#CN1C(C)C. The second kappa shape index (κ2) is 3.85. The predicted molar refractivity (Wildman–Crippen MR) is 52.6 cm³/mol. The van der Waals surface area contributed by atoms with Gasteiger partial charge in [0.1, 0.15) is 0 Å². The summed E-state index contributed by atoms with van der Waals surface area (Å²) in [7, 11) is 0. The second-order valence-corrected chi connectivity index (χ2v) is 4.14. The van der Waals surface area contributed by atoms with E-state index in [9.17, 15) is 0 Å². The Labute approximate surface area is 76.1 Å². The Bertz CT molecular complexity index is 195. The van der Waals surface area contributed by atoms with E-state index in [0.717, 1.165) is 12.3 Å². The van der Waals surface area contributed by atoms with Gasteiger partial charge >= 0.3 is 0 Å². The number of nitrogens with zero attached hydrogens (tertiary/aromatic N) is 1. The molecule has 0 amide bonds. The third kappa shape index (κ3) is 1.94. The normalized spacial score (nSPS) is 22.8. The van der Waals surface area contributed by atoms with Gasteiger partial charge in [-0.15, -0.1) is 0 Å². The van der Waals surface area contributed by atoms with Gasteiger partial charge in [0.15, 0.2) is 0 Å². The number of hydrogen-bond donors (Lipinski definition) is 0. The molecule has 1 unspecified atom stereocenters. The van der Waals surface area contributed by atoms with E-state index in [4.69, 9.17) is 0 Å². The first kappa shape index (κ1) is 9.45. The molecule has 12 heavy (non-hydrogen) atoms. The van der Waals surface area contributed by atoms with Crippen LogP contribution >= 0.6 is 0 Å². The second-order valence-electron chi connectivity index (χ2n) is 4.14. The average Bonchev–Trinajstić information content (AvgIpc) is 2.04. The molecule has 0 saturated heterocycles. The molecule has 1 atom stereocenters. The highest BCUT2D eigenvalue weighted by Crippen LogP contribution is 2.20. The van der Waals surface area contributed by atoms with Crippen molar-refractivity contribution >= 4 is 0 Å². The molecule has 0 spiro atoms. The van der Waals surface area contributed by atoms with Gasteiger partial charge in [-0.25, -0.2) is 0 Å². The van der Waals surface area contributed by atoms with Crippen LogP contribution in [0.25, 0.3) is 0 Å². The molecule has 0 N–H and O–H groups in total. The van der Waals surface area contributed by atoms with Gasteiger partial charge in [0.05, 0.1) is 0 Å². The van der Waals surface area contributed by atoms with E-state index in [1.165, 1.54) is 6.42 Å². The van der Waals surface area contributed by atoms with E-state index in [0.29, 0.717) is 12.1 Å². The van der Waals surface area contributed by atoms with Gasteiger partial charge in [0.25, 0.3) is 0 Å². The Balaban J connectivity index is 2.69. The molecule has 1 aliphatic rings. The summed E-state index contributed by atoms with van der Waals surface area (Å²) in [5, 5.41) is 0. The molecule has 1 nitrogen and oxygen atoms in total. The number of hydrogen-bond acceptors (Lipinski definition) is 1. The van der Waals surface area contributed by atoms with Crippen molar-refractivity contribution in [2.75, 3.05) is 0 Å². The monoisotopic (exact) mass is 165 g/mol. The molecule has 0 saturated carbocycles. The molecule has 1 rings (SSSR count). The summed E-state index contributed by atoms with van der Waals surface area (Å²) in [6, 6.07) is 4.47. The van der Waals surface area contributed by atoms with Crippen LogP contribution < -0.4 is 0 Å². The lowest BCUT2D eigenvalue weighted by Gasteiger charge is -2.36. The standard InChI is InChI=1S/C11H19N/c1-9(2)11-7-5-6-8-12(11)10(3)4/h9-11H,5,7H2,1-4H3. The Morgan fingerprint density at radius 1 is 1.25 bits per heavy atom. The lowest BCUT2D eigenvalue weighted by atomic mass is 9.95. The van der Waals surface area contributed by atoms with Gasteiger partial charge in [0.2, 0.25) is 0 Å². The minimum atomic E-state index is 0.560. The van der Waals surface area contributed by atoms with Crippen LogP contribution in [0.2, 0.25) is 0 Å². The molecule has 0 aromatic rings. The van der Waals surface area contributed by atoms with E-state index in [1.807, 2.05) is 0 Å². The van der Waals surface area contributed by atoms with Crippen molar-refractivity contribution in [3.8, 4) is 12.0 Å². The molecular weight excluding hydrogens is 146 g/mol. The Hall–Kier alpha value is -0.640. The van der Waals surface area contributed by atoms with E-state index < -0.39 is 0 Å². The lowest BCUT2D eigenvalue weighted by molar-refractivity contribution is 0.180. The Morgan fingerprint density at radius 2 is 1.92 bits per heavy atom. The summed E-state index contributed by atoms with van der Waals surface area (Å²) in [6.45, 7) is 9.00. The molecule has 1 heteroatoms. The highest BCUT2D eigenvalue weighted by Gasteiger charge is 2.23. The minimum Gasteiger partial charge on any atom is -0.327 e. The van der Waals surface area contributed by atoms with Gasteiger partial charge < -0.3 is 4.90 Å².